The van der Waals surface area contributed by atoms with Crippen LogP contribution >= 0.6 is 22.9 Å². The zero-order chi connectivity index (χ0) is 51.2. The van der Waals surface area contributed by atoms with Gasteiger partial charge in [-0.3, -0.25) is 0 Å². The third kappa shape index (κ3) is 8.26. The smallest absolute Gasteiger partial charge is 0.137 e. The Morgan fingerprint density at radius 3 is 1.37 bits per heavy atom. The standard InChI is InChI=1S/C68H54ClN3O2S/c1-67(2,3)43-25-29-45(30-26-43)71(58-20-14-21-59(66(58)69)72(46-31-27-44(28-32-46)68(4,5)6)51-33-36-54-52-17-7-10-22-60(52)74-63(54)42-51)48-16-13-15-47(39-48)70(49-34-37-62-56(40-49)53-18-8-11-23-61(53)73-62)50-35-38-65-57(41-50)55-19-9-12-24-64(55)75-65/h7-42H,1-6H3. The number of hydrogen-bond acceptors (Lipinski definition) is 6. The summed E-state index contributed by atoms with van der Waals surface area (Å²) in [5.41, 5.74) is 14.4. The van der Waals surface area contributed by atoms with Gasteiger partial charge >= 0.3 is 0 Å². The maximum absolute atomic E-state index is 8.04. The highest BCUT2D eigenvalue weighted by Crippen LogP contribution is 2.50. The molecule has 3 aromatic heterocycles. The quantitative estimate of drug-likeness (QED) is 0.144. The Labute approximate surface area is 446 Å². The van der Waals surface area contributed by atoms with Gasteiger partial charge in [-0.1, -0.05) is 144 Å². The largest absolute Gasteiger partial charge is 0.456 e. The van der Waals surface area contributed by atoms with Crippen molar-refractivity contribution < 1.29 is 8.83 Å². The van der Waals surface area contributed by atoms with Crippen molar-refractivity contribution in [2.45, 2.75) is 52.4 Å². The second-order valence-corrected chi connectivity index (χ2v) is 23.0. The molecule has 0 radical (unpaired) electrons. The van der Waals surface area contributed by atoms with E-state index in [-0.39, 0.29) is 10.8 Å². The third-order valence-electron chi connectivity index (χ3n) is 14.6. The molecule has 0 atom stereocenters. The van der Waals surface area contributed by atoms with E-state index < -0.39 is 0 Å². The number of thiophene rings is 1. The molecule has 0 saturated heterocycles. The molecule has 0 aliphatic rings. The summed E-state index contributed by atoms with van der Waals surface area (Å²) in [6.45, 7) is 13.5. The van der Waals surface area contributed by atoms with Crippen LogP contribution < -0.4 is 14.7 Å². The third-order valence-corrected chi connectivity index (χ3v) is 16.2. The Morgan fingerprint density at radius 1 is 0.320 bits per heavy atom. The van der Waals surface area contributed by atoms with Gasteiger partial charge < -0.3 is 23.5 Å². The van der Waals surface area contributed by atoms with Gasteiger partial charge in [-0.25, -0.2) is 0 Å². The fourth-order valence-corrected chi connectivity index (χ4v) is 12.1. The van der Waals surface area contributed by atoms with Gasteiger partial charge in [0.15, 0.2) is 0 Å². The lowest BCUT2D eigenvalue weighted by Crippen LogP contribution is -2.16. The molecule has 0 spiro atoms. The summed E-state index contributed by atoms with van der Waals surface area (Å²) in [4.78, 5) is 6.92. The number of halogens is 1. The molecular weight excluding hydrogens is 958 g/mol. The number of anilines is 9. The van der Waals surface area contributed by atoms with E-state index in [1.807, 2.05) is 35.6 Å². The van der Waals surface area contributed by atoms with Crippen LogP contribution in [0.25, 0.3) is 64.0 Å². The number of benzene rings is 10. The van der Waals surface area contributed by atoms with Gasteiger partial charge in [-0.15, -0.1) is 11.3 Å². The van der Waals surface area contributed by atoms with Crippen molar-refractivity contribution in [3.05, 3.63) is 235 Å². The fraction of sp³-hybridized carbons (Fsp3) is 0.118. The highest BCUT2D eigenvalue weighted by Gasteiger charge is 2.26. The Kier molecular flexibility index (Phi) is 11.1. The summed E-state index contributed by atoms with van der Waals surface area (Å²) < 4.78 is 15.4. The van der Waals surface area contributed by atoms with Crippen molar-refractivity contribution in [3.8, 4) is 0 Å². The SMILES string of the molecule is CC(C)(C)c1ccc(N(c2cccc(N(c3ccc4oc5ccccc5c4c3)c3ccc4sc5ccccc5c4c3)c2)c2cccc(N(c3ccc(C(C)(C)C)cc3)c3ccc4c(c3)oc3ccccc34)c2Cl)cc1. The molecule has 5 nitrogen and oxygen atoms in total. The van der Waals surface area contributed by atoms with Crippen LogP contribution in [0.4, 0.5) is 51.2 Å². The zero-order valence-corrected chi connectivity index (χ0v) is 44.3. The lowest BCUT2D eigenvalue weighted by Gasteiger charge is -2.32. The van der Waals surface area contributed by atoms with Crippen molar-refractivity contribution in [3.63, 3.8) is 0 Å². The lowest BCUT2D eigenvalue weighted by molar-refractivity contribution is 0.590. The van der Waals surface area contributed by atoms with Gasteiger partial charge in [0.2, 0.25) is 0 Å². The van der Waals surface area contributed by atoms with Gasteiger partial charge in [-0.05, 0) is 143 Å². The molecule has 0 unspecified atom stereocenters. The summed E-state index contributed by atoms with van der Waals surface area (Å²) in [6.07, 6.45) is 0. The minimum Gasteiger partial charge on any atom is -0.456 e. The van der Waals surface area contributed by atoms with E-state index in [2.05, 4.69) is 250 Å². The Balaban J connectivity index is 1.00. The second kappa shape index (κ2) is 18.0. The molecule has 13 rings (SSSR count). The topological polar surface area (TPSA) is 36.0 Å². The number of fused-ring (bicyclic) bond motifs is 9. The number of nitrogens with zero attached hydrogens (tertiary/aromatic N) is 3. The summed E-state index contributed by atoms with van der Waals surface area (Å²) >= 11 is 9.87. The van der Waals surface area contributed by atoms with E-state index in [1.165, 1.54) is 31.3 Å². The molecule has 0 amide bonds. The van der Waals surface area contributed by atoms with E-state index in [9.17, 15) is 0 Å². The number of hydrogen-bond donors (Lipinski definition) is 0. The Bertz CT molecular complexity index is 4190. The van der Waals surface area contributed by atoms with Crippen LogP contribution in [0.2, 0.25) is 5.02 Å². The second-order valence-electron chi connectivity index (χ2n) is 21.6. The van der Waals surface area contributed by atoms with Gasteiger partial charge in [0.05, 0.1) is 16.4 Å². The minimum absolute atomic E-state index is 0.0212. The molecule has 0 saturated carbocycles. The van der Waals surface area contributed by atoms with E-state index in [0.29, 0.717) is 5.02 Å². The van der Waals surface area contributed by atoms with Crippen LogP contribution in [0, 0.1) is 0 Å². The molecular formula is C68H54ClN3O2S. The molecule has 0 N–H and O–H groups in total. The predicted molar refractivity (Wildman–Crippen MR) is 320 cm³/mol. The van der Waals surface area contributed by atoms with E-state index in [1.54, 1.807) is 0 Å². The minimum atomic E-state index is -0.0401. The molecule has 7 heteroatoms. The average Bonchev–Trinajstić information content (AvgIpc) is 4.11. The number of rotatable bonds is 9. The van der Waals surface area contributed by atoms with Crippen molar-refractivity contribution in [1.29, 1.82) is 0 Å². The normalized spacial score (nSPS) is 12.2. The summed E-state index contributed by atoms with van der Waals surface area (Å²) in [6, 6.07) is 78.0. The molecule has 75 heavy (non-hydrogen) atoms. The maximum atomic E-state index is 8.04. The van der Waals surface area contributed by atoms with E-state index in [0.717, 1.165) is 95.1 Å². The first-order chi connectivity index (χ1) is 36.3. The maximum Gasteiger partial charge on any atom is 0.137 e. The van der Waals surface area contributed by atoms with Gasteiger partial charge in [0, 0.05) is 87.6 Å². The molecule has 0 fully saturated rings. The molecule has 0 bridgehead atoms. The van der Waals surface area contributed by atoms with Crippen LogP contribution in [0.15, 0.2) is 227 Å². The van der Waals surface area contributed by atoms with Crippen molar-refractivity contribution in [2.75, 3.05) is 14.7 Å². The number of para-hydroxylation sites is 2. The summed E-state index contributed by atoms with van der Waals surface area (Å²) in [5.74, 6) is 0. The van der Waals surface area contributed by atoms with Gasteiger partial charge in [-0.2, -0.15) is 0 Å². The van der Waals surface area contributed by atoms with Crippen LogP contribution in [-0.2, 0) is 10.8 Å². The van der Waals surface area contributed by atoms with Crippen LogP contribution in [0.5, 0.6) is 0 Å². The highest BCUT2D eigenvalue weighted by molar-refractivity contribution is 7.25. The zero-order valence-electron chi connectivity index (χ0n) is 42.7. The Morgan fingerprint density at radius 2 is 0.747 bits per heavy atom. The molecule has 3 heterocycles. The van der Waals surface area contributed by atoms with Crippen molar-refractivity contribution in [2.24, 2.45) is 0 Å². The van der Waals surface area contributed by atoms with Crippen LogP contribution in [-0.4, -0.2) is 0 Å². The van der Waals surface area contributed by atoms with E-state index in [4.69, 9.17) is 20.4 Å². The average molecular weight is 1010 g/mol. The van der Waals surface area contributed by atoms with Gasteiger partial charge in [0.1, 0.15) is 22.3 Å². The molecule has 0 aliphatic carbocycles. The number of furan rings is 2. The van der Waals surface area contributed by atoms with E-state index >= 15 is 0 Å². The Hall–Kier alpha value is -8.29. The first kappa shape index (κ1) is 46.5. The summed E-state index contributed by atoms with van der Waals surface area (Å²) in [7, 11) is 0. The van der Waals surface area contributed by atoms with Crippen molar-refractivity contribution in [1.82, 2.24) is 0 Å². The van der Waals surface area contributed by atoms with Gasteiger partial charge in [0.25, 0.3) is 0 Å². The predicted octanol–water partition coefficient (Wildman–Crippen LogP) is 21.5. The monoisotopic (exact) mass is 1010 g/mol. The molecule has 13 aromatic rings. The van der Waals surface area contributed by atoms with Crippen LogP contribution in [0.1, 0.15) is 52.7 Å². The molecule has 366 valence electrons. The highest BCUT2D eigenvalue weighted by atomic mass is 35.5. The lowest BCUT2D eigenvalue weighted by atomic mass is 9.87. The van der Waals surface area contributed by atoms with Crippen molar-refractivity contribution >= 4 is 138 Å². The molecule has 10 aromatic carbocycles. The first-order valence-electron chi connectivity index (χ1n) is 25.6. The van der Waals surface area contributed by atoms with Crippen LogP contribution in [0.3, 0.4) is 0 Å². The summed E-state index contributed by atoms with van der Waals surface area (Å²) in [5, 5.41) is 7.37. The molecule has 0 aliphatic heterocycles. The first-order valence-corrected chi connectivity index (χ1v) is 26.8. The fourth-order valence-electron chi connectivity index (χ4n) is 10.7.